The number of hydrogen-bond acceptors (Lipinski definition) is 2. The number of benzene rings is 3. The first-order valence-corrected chi connectivity index (χ1v) is 11.1. The Labute approximate surface area is 187 Å². The zero-order valence-electron chi connectivity index (χ0n) is 18.2. The Bertz CT molecular complexity index is 1070. The quantitative estimate of drug-likeness (QED) is 0.313. The molecule has 0 aliphatic carbocycles. The van der Waals surface area contributed by atoms with Crippen molar-refractivity contribution >= 4 is 15.9 Å². The average molecular weight is 462 g/mol. The van der Waals surface area contributed by atoms with Crippen LogP contribution in [-0.4, -0.2) is 14.8 Å². The van der Waals surface area contributed by atoms with Crippen molar-refractivity contribution in [2.45, 2.75) is 40.0 Å². The van der Waals surface area contributed by atoms with Crippen LogP contribution in [0, 0.1) is 0 Å². The van der Waals surface area contributed by atoms with E-state index in [2.05, 4.69) is 100.0 Å². The molecule has 0 atom stereocenters. The second-order valence-electron chi connectivity index (χ2n) is 7.85. The van der Waals surface area contributed by atoms with E-state index in [0.717, 1.165) is 32.9 Å². The summed E-state index contributed by atoms with van der Waals surface area (Å²) in [5.74, 6) is 1.66. The third-order valence-electron chi connectivity index (χ3n) is 4.79. The van der Waals surface area contributed by atoms with Gasteiger partial charge >= 0.3 is 0 Å². The lowest BCUT2D eigenvalue weighted by Gasteiger charge is -2.19. The van der Waals surface area contributed by atoms with E-state index in [1.807, 2.05) is 44.2 Å². The number of aromatic nitrogens is 3. The second kappa shape index (κ2) is 9.40. The molecule has 3 nitrogen and oxygen atoms in total. The van der Waals surface area contributed by atoms with E-state index in [4.69, 9.17) is 0 Å². The maximum Gasteiger partial charge on any atom is 0.168 e. The molecule has 1 aromatic heterocycles. The molecular formula is C26H28BrN3. The summed E-state index contributed by atoms with van der Waals surface area (Å²) in [4.78, 5) is 0. The molecule has 0 aliphatic rings. The Morgan fingerprint density at radius 2 is 1.13 bits per heavy atom. The second-order valence-corrected chi connectivity index (χ2v) is 8.77. The number of nitrogens with zero attached hydrogens (tertiary/aromatic N) is 3. The highest BCUT2D eigenvalue weighted by atomic mass is 79.9. The molecule has 0 saturated carbocycles. The van der Waals surface area contributed by atoms with Crippen LogP contribution in [0.15, 0.2) is 83.3 Å². The smallest absolute Gasteiger partial charge is 0.168 e. The summed E-state index contributed by atoms with van der Waals surface area (Å²) in [6, 6.07) is 27.0. The number of hydrogen-bond donors (Lipinski definition) is 0. The molecule has 0 N–H and O–H groups in total. The van der Waals surface area contributed by atoms with Crippen molar-refractivity contribution in [2.75, 3.05) is 0 Å². The van der Waals surface area contributed by atoms with Crippen LogP contribution in [0.25, 0.3) is 28.5 Å². The summed E-state index contributed by atoms with van der Waals surface area (Å²) in [5.41, 5.74) is 4.54. The minimum Gasteiger partial charge on any atom is -0.275 e. The van der Waals surface area contributed by atoms with Crippen molar-refractivity contribution in [2.24, 2.45) is 0 Å². The zero-order chi connectivity index (χ0) is 21.7. The predicted octanol–water partition coefficient (Wildman–Crippen LogP) is 7.69. The highest BCUT2D eigenvalue weighted by Gasteiger charge is 2.18. The minimum absolute atomic E-state index is 0.119. The topological polar surface area (TPSA) is 30.7 Å². The largest absolute Gasteiger partial charge is 0.275 e. The number of para-hydroxylation sites is 1. The summed E-state index contributed by atoms with van der Waals surface area (Å²) in [5, 5.41) is 9.09. The van der Waals surface area contributed by atoms with Crippen molar-refractivity contribution in [1.82, 2.24) is 14.8 Å². The lowest BCUT2D eigenvalue weighted by molar-refractivity contribution is 0.590. The van der Waals surface area contributed by atoms with Crippen LogP contribution in [0.2, 0.25) is 0 Å². The molecule has 30 heavy (non-hydrogen) atoms. The third-order valence-corrected chi connectivity index (χ3v) is 5.32. The van der Waals surface area contributed by atoms with Crippen molar-refractivity contribution < 1.29 is 0 Å². The molecule has 0 spiro atoms. The zero-order valence-corrected chi connectivity index (χ0v) is 19.8. The van der Waals surface area contributed by atoms with E-state index in [0.29, 0.717) is 0 Å². The molecule has 0 bridgehead atoms. The Balaban J connectivity index is 0.00000124. The van der Waals surface area contributed by atoms with Gasteiger partial charge < -0.3 is 0 Å². The van der Waals surface area contributed by atoms with Crippen molar-refractivity contribution in [3.05, 3.63) is 88.9 Å². The van der Waals surface area contributed by atoms with Gasteiger partial charge in [-0.15, -0.1) is 10.2 Å². The van der Waals surface area contributed by atoms with Gasteiger partial charge in [0.2, 0.25) is 0 Å². The maximum atomic E-state index is 4.55. The summed E-state index contributed by atoms with van der Waals surface area (Å²) >= 11 is 3.50. The van der Waals surface area contributed by atoms with Gasteiger partial charge in [-0.1, -0.05) is 105 Å². The van der Waals surface area contributed by atoms with Gasteiger partial charge in [0.25, 0.3) is 0 Å². The summed E-state index contributed by atoms with van der Waals surface area (Å²) in [6.45, 7) is 10.7. The van der Waals surface area contributed by atoms with Crippen molar-refractivity contribution in [1.29, 1.82) is 0 Å². The van der Waals surface area contributed by atoms with Crippen LogP contribution in [0.3, 0.4) is 0 Å². The lowest BCUT2D eigenvalue weighted by atomic mass is 9.86. The van der Waals surface area contributed by atoms with Crippen LogP contribution in [0.4, 0.5) is 0 Å². The first kappa shape index (κ1) is 22.0. The van der Waals surface area contributed by atoms with Gasteiger partial charge in [-0.3, -0.25) is 4.57 Å². The van der Waals surface area contributed by atoms with E-state index in [1.165, 1.54) is 5.56 Å². The van der Waals surface area contributed by atoms with Gasteiger partial charge in [0.15, 0.2) is 11.6 Å². The van der Waals surface area contributed by atoms with Gasteiger partial charge in [0, 0.05) is 21.3 Å². The van der Waals surface area contributed by atoms with Crippen LogP contribution in [0.1, 0.15) is 40.2 Å². The first-order chi connectivity index (χ1) is 14.4. The minimum atomic E-state index is 0.119. The fraction of sp³-hybridized carbons (Fsp3) is 0.231. The molecule has 0 fully saturated rings. The standard InChI is InChI=1S/C24H22BrN3.C2H6/c1-24(2,3)19-13-9-17(10-14-19)22-26-27-23(18-11-15-20(25)16-12-18)28(22)21-7-5-4-6-8-21;1-2/h4-16H,1-3H3;1-2H3. The molecular weight excluding hydrogens is 434 g/mol. The molecule has 0 amide bonds. The molecule has 3 aromatic carbocycles. The van der Waals surface area contributed by atoms with Gasteiger partial charge in [0.05, 0.1) is 0 Å². The molecule has 4 aromatic rings. The fourth-order valence-corrected chi connectivity index (χ4v) is 3.46. The fourth-order valence-electron chi connectivity index (χ4n) is 3.20. The van der Waals surface area contributed by atoms with Crippen LogP contribution >= 0.6 is 15.9 Å². The SMILES string of the molecule is CC.CC(C)(C)c1ccc(-c2nnc(-c3ccc(Br)cc3)n2-c2ccccc2)cc1. The third kappa shape index (κ3) is 4.71. The maximum absolute atomic E-state index is 4.55. The number of halogens is 1. The van der Waals surface area contributed by atoms with E-state index in [1.54, 1.807) is 0 Å². The molecule has 0 saturated heterocycles. The van der Waals surface area contributed by atoms with Gasteiger partial charge in [0.1, 0.15) is 0 Å². The lowest BCUT2D eigenvalue weighted by Crippen LogP contribution is -2.10. The highest BCUT2D eigenvalue weighted by molar-refractivity contribution is 9.10. The molecule has 1 heterocycles. The van der Waals surface area contributed by atoms with E-state index in [9.17, 15) is 0 Å². The van der Waals surface area contributed by atoms with E-state index in [-0.39, 0.29) is 5.41 Å². The highest BCUT2D eigenvalue weighted by Crippen LogP contribution is 2.30. The molecule has 0 aliphatic heterocycles. The van der Waals surface area contributed by atoms with Crippen molar-refractivity contribution in [3.8, 4) is 28.5 Å². The molecule has 0 unspecified atom stereocenters. The summed E-state index contributed by atoms with van der Waals surface area (Å²) < 4.78 is 3.16. The summed E-state index contributed by atoms with van der Waals surface area (Å²) in [6.07, 6.45) is 0. The van der Waals surface area contributed by atoms with Gasteiger partial charge in [-0.2, -0.15) is 0 Å². The van der Waals surface area contributed by atoms with Crippen LogP contribution < -0.4 is 0 Å². The van der Waals surface area contributed by atoms with Gasteiger partial charge in [-0.05, 0) is 35.2 Å². The molecule has 4 heteroatoms. The van der Waals surface area contributed by atoms with Crippen molar-refractivity contribution in [3.63, 3.8) is 0 Å². The first-order valence-electron chi connectivity index (χ1n) is 10.3. The molecule has 154 valence electrons. The van der Waals surface area contributed by atoms with Crippen LogP contribution in [-0.2, 0) is 5.41 Å². The van der Waals surface area contributed by atoms with Crippen LogP contribution in [0.5, 0.6) is 0 Å². The molecule has 0 radical (unpaired) electrons. The molecule has 4 rings (SSSR count). The predicted molar refractivity (Wildman–Crippen MR) is 130 cm³/mol. The monoisotopic (exact) mass is 461 g/mol. The van der Waals surface area contributed by atoms with Gasteiger partial charge in [-0.25, -0.2) is 0 Å². The Hall–Kier alpha value is -2.72. The number of rotatable bonds is 3. The Morgan fingerprint density at radius 3 is 1.60 bits per heavy atom. The normalized spacial score (nSPS) is 11.0. The average Bonchev–Trinajstić information content (AvgIpc) is 3.21. The Morgan fingerprint density at radius 1 is 0.667 bits per heavy atom. The summed E-state index contributed by atoms with van der Waals surface area (Å²) in [7, 11) is 0. The Kier molecular flexibility index (Phi) is 6.88. The van der Waals surface area contributed by atoms with E-state index < -0.39 is 0 Å². The van der Waals surface area contributed by atoms with E-state index >= 15 is 0 Å².